The second kappa shape index (κ2) is 5.29. The van der Waals surface area contributed by atoms with E-state index >= 15 is 0 Å². The van der Waals surface area contributed by atoms with Gasteiger partial charge in [-0.1, -0.05) is 18.2 Å². The summed E-state index contributed by atoms with van der Waals surface area (Å²) in [5.41, 5.74) is 1.31. The van der Waals surface area contributed by atoms with E-state index in [2.05, 4.69) is 24.4 Å². The van der Waals surface area contributed by atoms with Crippen LogP contribution in [0.15, 0.2) is 24.3 Å². The Morgan fingerprint density at radius 3 is 3.00 bits per heavy atom. The minimum absolute atomic E-state index is 0.196. The van der Waals surface area contributed by atoms with Crippen LogP contribution in [0.5, 0.6) is 5.75 Å². The van der Waals surface area contributed by atoms with Gasteiger partial charge in [0.1, 0.15) is 11.9 Å². The molecule has 18 heavy (non-hydrogen) atoms. The van der Waals surface area contributed by atoms with E-state index in [9.17, 15) is 0 Å². The van der Waals surface area contributed by atoms with E-state index in [1.807, 2.05) is 12.1 Å². The van der Waals surface area contributed by atoms with E-state index in [1.165, 1.54) is 12.0 Å². The molecule has 0 spiro atoms. The fourth-order valence-corrected chi connectivity index (χ4v) is 2.71. The lowest BCUT2D eigenvalue weighted by Gasteiger charge is -2.28. The van der Waals surface area contributed by atoms with Crippen molar-refractivity contribution in [2.45, 2.75) is 44.4 Å². The zero-order chi connectivity index (χ0) is 12.4. The van der Waals surface area contributed by atoms with Crippen LogP contribution in [0.4, 0.5) is 0 Å². The predicted octanol–water partition coefficient (Wildman–Crippen LogP) is 2.15. The summed E-state index contributed by atoms with van der Waals surface area (Å²) in [6.45, 7) is 3.91. The lowest BCUT2D eigenvalue weighted by Crippen LogP contribution is -2.42. The monoisotopic (exact) mass is 247 g/mol. The SMILES string of the molecule is CC1CCC(OCC2Cc3ccccc3O2)CN1. The highest BCUT2D eigenvalue weighted by molar-refractivity contribution is 5.37. The van der Waals surface area contributed by atoms with Crippen molar-refractivity contribution in [3.8, 4) is 5.75 Å². The van der Waals surface area contributed by atoms with Crippen molar-refractivity contribution in [1.82, 2.24) is 5.32 Å². The first kappa shape index (κ1) is 12.0. The molecule has 3 heteroatoms. The quantitative estimate of drug-likeness (QED) is 0.887. The van der Waals surface area contributed by atoms with Gasteiger partial charge in [0, 0.05) is 19.0 Å². The smallest absolute Gasteiger partial charge is 0.126 e. The van der Waals surface area contributed by atoms with E-state index in [4.69, 9.17) is 9.47 Å². The molecule has 1 aromatic rings. The van der Waals surface area contributed by atoms with Gasteiger partial charge >= 0.3 is 0 Å². The molecule has 1 saturated heterocycles. The molecule has 2 aliphatic heterocycles. The van der Waals surface area contributed by atoms with Crippen molar-refractivity contribution in [1.29, 1.82) is 0 Å². The average Bonchev–Trinajstić information content (AvgIpc) is 2.81. The summed E-state index contributed by atoms with van der Waals surface area (Å²) in [7, 11) is 0. The number of nitrogens with one attached hydrogen (secondary N) is 1. The fraction of sp³-hybridized carbons (Fsp3) is 0.600. The van der Waals surface area contributed by atoms with Crippen molar-refractivity contribution in [3.05, 3.63) is 29.8 Å². The molecule has 98 valence electrons. The predicted molar refractivity (Wildman–Crippen MR) is 71.0 cm³/mol. The summed E-state index contributed by atoms with van der Waals surface area (Å²) in [4.78, 5) is 0. The maximum Gasteiger partial charge on any atom is 0.126 e. The Morgan fingerprint density at radius 1 is 1.33 bits per heavy atom. The topological polar surface area (TPSA) is 30.5 Å². The molecule has 1 N–H and O–H groups in total. The Bertz CT molecular complexity index is 374. The first-order valence-electron chi connectivity index (χ1n) is 6.91. The van der Waals surface area contributed by atoms with E-state index in [0.717, 1.165) is 25.1 Å². The molecule has 0 radical (unpaired) electrons. The maximum absolute atomic E-state index is 5.96. The number of ether oxygens (including phenoxy) is 2. The largest absolute Gasteiger partial charge is 0.487 e. The molecular formula is C15H21NO2. The van der Waals surface area contributed by atoms with E-state index < -0.39 is 0 Å². The van der Waals surface area contributed by atoms with Crippen molar-refractivity contribution in [3.63, 3.8) is 0 Å². The van der Waals surface area contributed by atoms with E-state index in [1.54, 1.807) is 0 Å². The van der Waals surface area contributed by atoms with Gasteiger partial charge in [-0.3, -0.25) is 0 Å². The second-order valence-electron chi connectivity index (χ2n) is 5.39. The van der Waals surface area contributed by atoms with Crippen LogP contribution in [0, 0.1) is 0 Å². The molecule has 0 aliphatic carbocycles. The molecule has 2 heterocycles. The Kier molecular flexibility index (Phi) is 3.52. The highest BCUT2D eigenvalue weighted by Crippen LogP contribution is 2.28. The lowest BCUT2D eigenvalue weighted by molar-refractivity contribution is -0.00770. The second-order valence-corrected chi connectivity index (χ2v) is 5.39. The molecule has 2 aliphatic rings. The number of rotatable bonds is 3. The van der Waals surface area contributed by atoms with Gasteiger partial charge in [-0.2, -0.15) is 0 Å². The molecule has 3 rings (SSSR count). The summed E-state index contributed by atoms with van der Waals surface area (Å²) in [5.74, 6) is 1.03. The van der Waals surface area contributed by atoms with Gasteiger partial charge in [-0.15, -0.1) is 0 Å². The summed E-state index contributed by atoms with van der Waals surface area (Å²) < 4.78 is 11.8. The number of hydrogen-bond acceptors (Lipinski definition) is 3. The van der Waals surface area contributed by atoms with Crippen LogP contribution < -0.4 is 10.1 Å². The summed E-state index contributed by atoms with van der Waals surface area (Å²) in [6, 6.07) is 8.90. The number of fused-ring (bicyclic) bond motifs is 1. The van der Waals surface area contributed by atoms with Gasteiger partial charge in [0.15, 0.2) is 0 Å². The zero-order valence-electron chi connectivity index (χ0n) is 10.9. The van der Waals surface area contributed by atoms with Crippen molar-refractivity contribution >= 4 is 0 Å². The number of piperidine rings is 1. The number of benzene rings is 1. The van der Waals surface area contributed by atoms with Gasteiger partial charge in [-0.05, 0) is 31.4 Å². The van der Waals surface area contributed by atoms with Crippen LogP contribution in [0.25, 0.3) is 0 Å². The van der Waals surface area contributed by atoms with Crippen LogP contribution >= 0.6 is 0 Å². The van der Waals surface area contributed by atoms with Crippen LogP contribution in [0.2, 0.25) is 0 Å². The van der Waals surface area contributed by atoms with E-state index in [-0.39, 0.29) is 6.10 Å². The van der Waals surface area contributed by atoms with Crippen molar-refractivity contribution in [2.24, 2.45) is 0 Å². The van der Waals surface area contributed by atoms with Gasteiger partial charge in [-0.25, -0.2) is 0 Å². The average molecular weight is 247 g/mol. The van der Waals surface area contributed by atoms with Crippen molar-refractivity contribution in [2.75, 3.05) is 13.2 Å². The third-order valence-corrected chi connectivity index (χ3v) is 3.85. The molecule has 3 unspecified atom stereocenters. The first-order valence-corrected chi connectivity index (χ1v) is 6.91. The molecule has 0 aromatic heterocycles. The summed E-state index contributed by atoms with van der Waals surface area (Å²) >= 11 is 0. The van der Waals surface area contributed by atoms with Gasteiger partial charge in [0.2, 0.25) is 0 Å². The molecule has 3 atom stereocenters. The van der Waals surface area contributed by atoms with E-state index in [0.29, 0.717) is 18.8 Å². The fourth-order valence-electron chi connectivity index (χ4n) is 2.71. The Labute approximate surface area is 108 Å². The van der Waals surface area contributed by atoms with Gasteiger partial charge in [0.25, 0.3) is 0 Å². The molecule has 1 aromatic carbocycles. The standard InChI is InChI=1S/C15H21NO2/c1-11-6-7-13(9-16-11)17-10-14-8-12-4-2-3-5-15(12)18-14/h2-5,11,13-14,16H,6-10H2,1H3. The Morgan fingerprint density at radius 2 is 2.22 bits per heavy atom. The Hall–Kier alpha value is -1.06. The molecular weight excluding hydrogens is 226 g/mol. The van der Waals surface area contributed by atoms with Crippen LogP contribution in [0.1, 0.15) is 25.3 Å². The molecule has 0 saturated carbocycles. The molecule has 1 fully saturated rings. The Balaban J connectivity index is 1.46. The third kappa shape index (κ3) is 2.68. The highest BCUT2D eigenvalue weighted by atomic mass is 16.5. The molecule has 0 amide bonds. The number of hydrogen-bond donors (Lipinski definition) is 1. The zero-order valence-corrected chi connectivity index (χ0v) is 10.9. The van der Waals surface area contributed by atoms with Crippen molar-refractivity contribution < 1.29 is 9.47 Å². The summed E-state index contributed by atoms with van der Waals surface area (Å²) in [6.07, 6.45) is 3.90. The minimum atomic E-state index is 0.196. The van der Waals surface area contributed by atoms with Crippen LogP contribution in [-0.2, 0) is 11.2 Å². The maximum atomic E-state index is 5.96. The molecule has 3 nitrogen and oxygen atoms in total. The highest BCUT2D eigenvalue weighted by Gasteiger charge is 2.25. The van der Waals surface area contributed by atoms with Gasteiger partial charge in [0.05, 0.1) is 12.7 Å². The van der Waals surface area contributed by atoms with Crippen LogP contribution in [0.3, 0.4) is 0 Å². The third-order valence-electron chi connectivity index (χ3n) is 3.85. The van der Waals surface area contributed by atoms with Crippen LogP contribution in [-0.4, -0.2) is 31.4 Å². The minimum Gasteiger partial charge on any atom is -0.487 e. The molecule has 0 bridgehead atoms. The lowest BCUT2D eigenvalue weighted by atomic mass is 10.0. The van der Waals surface area contributed by atoms with Gasteiger partial charge < -0.3 is 14.8 Å². The first-order chi connectivity index (χ1) is 8.81. The normalized spacial score (nSPS) is 30.8. The summed E-state index contributed by atoms with van der Waals surface area (Å²) in [5, 5.41) is 3.46. The number of para-hydroxylation sites is 1.